The summed E-state index contributed by atoms with van der Waals surface area (Å²) in [5.74, 6) is 1.29. The predicted octanol–water partition coefficient (Wildman–Crippen LogP) is 3.36. The fourth-order valence-corrected chi connectivity index (χ4v) is 4.69. The SMILES string of the molecule is CNC(=O)[C@H]1O[C@@H](n2cnc3c(NCc4cc(Cl)ccc4OCc4ccc(OC)cc4)ncnc32)[C@H](O)[C@@H]1N=[N+]=[N-]. The average molecular weight is 580 g/mol. The van der Waals surface area contributed by atoms with Crippen molar-refractivity contribution in [2.75, 3.05) is 19.5 Å². The molecule has 3 N–H and O–H groups in total. The molecule has 0 aliphatic carbocycles. The van der Waals surface area contributed by atoms with E-state index in [9.17, 15) is 9.90 Å². The van der Waals surface area contributed by atoms with Crippen LogP contribution < -0.4 is 20.1 Å². The zero-order valence-corrected chi connectivity index (χ0v) is 22.8. The van der Waals surface area contributed by atoms with Crippen LogP contribution in [0.5, 0.6) is 11.5 Å². The number of hydrogen-bond donors (Lipinski definition) is 3. The number of anilines is 1. The van der Waals surface area contributed by atoms with Crippen LogP contribution in [0.2, 0.25) is 5.02 Å². The Morgan fingerprint density at radius 1 is 1.24 bits per heavy atom. The lowest BCUT2D eigenvalue weighted by molar-refractivity contribution is -0.134. The minimum Gasteiger partial charge on any atom is -0.497 e. The first kappa shape index (κ1) is 27.9. The zero-order chi connectivity index (χ0) is 28.9. The molecule has 1 saturated heterocycles. The molecular formula is C26H26ClN9O5. The number of aliphatic hydroxyl groups excluding tert-OH is 1. The van der Waals surface area contributed by atoms with Gasteiger partial charge in [-0.25, -0.2) is 15.0 Å². The fourth-order valence-electron chi connectivity index (χ4n) is 4.49. The number of hydrogen-bond acceptors (Lipinski definition) is 10. The smallest absolute Gasteiger partial charge is 0.249 e. The topological polar surface area (TPSA) is 181 Å². The number of rotatable bonds is 10. The highest BCUT2D eigenvalue weighted by atomic mass is 35.5. The Morgan fingerprint density at radius 2 is 2.05 bits per heavy atom. The number of fused-ring (bicyclic) bond motifs is 1. The summed E-state index contributed by atoms with van der Waals surface area (Å²) in [5, 5.41) is 20.7. The lowest BCUT2D eigenvalue weighted by atomic mass is 10.1. The van der Waals surface area contributed by atoms with Gasteiger partial charge in [-0.1, -0.05) is 28.8 Å². The summed E-state index contributed by atoms with van der Waals surface area (Å²) in [4.78, 5) is 28.1. The maximum atomic E-state index is 12.3. The second-order valence-electron chi connectivity index (χ2n) is 9.04. The zero-order valence-electron chi connectivity index (χ0n) is 22.0. The Labute approximate surface area is 238 Å². The third-order valence-corrected chi connectivity index (χ3v) is 6.82. The summed E-state index contributed by atoms with van der Waals surface area (Å²) in [6.07, 6.45) is -0.836. The van der Waals surface area contributed by atoms with E-state index in [1.54, 1.807) is 25.3 Å². The highest BCUT2D eigenvalue weighted by Crippen LogP contribution is 2.34. The number of nitrogens with one attached hydrogen (secondary N) is 2. The molecular weight excluding hydrogens is 554 g/mol. The molecule has 1 aliphatic heterocycles. The number of nitrogens with zero attached hydrogens (tertiary/aromatic N) is 7. The molecule has 5 rings (SSSR count). The van der Waals surface area contributed by atoms with Gasteiger partial charge in [0.05, 0.1) is 13.4 Å². The number of carbonyl (C=O) groups excluding carboxylic acids is 1. The predicted molar refractivity (Wildman–Crippen MR) is 148 cm³/mol. The summed E-state index contributed by atoms with van der Waals surface area (Å²) in [7, 11) is 3.04. The number of ether oxygens (including phenoxy) is 3. The molecule has 1 fully saturated rings. The molecule has 14 nitrogen and oxygen atoms in total. The number of azide groups is 1. The number of imidazole rings is 1. The molecule has 1 aliphatic rings. The first-order valence-electron chi connectivity index (χ1n) is 12.5. The van der Waals surface area contributed by atoms with Gasteiger partial charge in [-0.05, 0) is 41.4 Å². The first-order valence-corrected chi connectivity index (χ1v) is 12.9. The molecule has 212 valence electrons. The van der Waals surface area contributed by atoms with Crippen LogP contribution in [0.3, 0.4) is 0 Å². The van der Waals surface area contributed by atoms with E-state index >= 15 is 0 Å². The van der Waals surface area contributed by atoms with Crippen molar-refractivity contribution < 1.29 is 24.1 Å². The van der Waals surface area contributed by atoms with E-state index in [0.717, 1.165) is 16.9 Å². The highest BCUT2D eigenvalue weighted by Gasteiger charge is 2.48. The minimum absolute atomic E-state index is 0.303. The molecule has 2 aromatic heterocycles. The van der Waals surface area contributed by atoms with Gasteiger partial charge in [0.2, 0.25) is 5.91 Å². The Hall–Kier alpha value is -4.62. The molecule has 0 spiro atoms. The normalized spacial score (nSPS) is 19.9. The van der Waals surface area contributed by atoms with E-state index < -0.39 is 30.4 Å². The molecule has 41 heavy (non-hydrogen) atoms. The van der Waals surface area contributed by atoms with Crippen molar-refractivity contribution in [1.29, 1.82) is 0 Å². The van der Waals surface area contributed by atoms with E-state index in [-0.39, 0.29) is 0 Å². The maximum Gasteiger partial charge on any atom is 0.249 e. The van der Waals surface area contributed by atoms with Crippen molar-refractivity contribution in [2.24, 2.45) is 5.11 Å². The lowest BCUT2D eigenvalue weighted by Gasteiger charge is -2.17. The number of halogens is 1. The molecule has 15 heteroatoms. The van der Waals surface area contributed by atoms with Crippen molar-refractivity contribution in [3.8, 4) is 11.5 Å². The molecule has 2 aromatic carbocycles. The Balaban J connectivity index is 1.35. The van der Waals surface area contributed by atoms with E-state index in [4.69, 9.17) is 31.3 Å². The maximum absolute atomic E-state index is 12.3. The van der Waals surface area contributed by atoms with Gasteiger partial charge in [0.1, 0.15) is 42.7 Å². The Kier molecular flexibility index (Phi) is 8.36. The van der Waals surface area contributed by atoms with Crippen molar-refractivity contribution in [3.05, 3.63) is 81.7 Å². The van der Waals surface area contributed by atoms with Crippen LogP contribution in [0.4, 0.5) is 5.82 Å². The third kappa shape index (κ3) is 5.81. The average Bonchev–Trinajstić information content (AvgIpc) is 3.56. The van der Waals surface area contributed by atoms with E-state index in [1.165, 1.54) is 24.3 Å². The van der Waals surface area contributed by atoms with Crippen molar-refractivity contribution in [3.63, 3.8) is 0 Å². The monoisotopic (exact) mass is 579 g/mol. The number of aromatic nitrogens is 4. The standard InChI is InChI=1S/C26H26ClN9O5/c1-29-25(38)22-19(34-35-28)21(37)26(41-22)36-13-33-20-23(31-12-32-24(20)36)30-10-15-9-16(27)5-8-18(15)40-11-14-3-6-17(39-2)7-4-14/h3-9,12-13,19,21-22,26,37H,10-11H2,1-2H3,(H,29,38)(H,30,31,32)/t19-,21+,22-,26+/m0/s1. The summed E-state index contributed by atoms with van der Waals surface area (Å²) < 4.78 is 18.5. The summed E-state index contributed by atoms with van der Waals surface area (Å²) >= 11 is 6.28. The quantitative estimate of drug-likeness (QED) is 0.144. The molecule has 0 unspecified atom stereocenters. The Bertz CT molecular complexity index is 1590. The van der Waals surface area contributed by atoms with Gasteiger partial charge in [0, 0.05) is 29.1 Å². The number of carbonyl (C=O) groups is 1. The lowest BCUT2D eigenvalue weighted by Crippen LogP contribution is -2.40. The summed E-state index contributed by atoms with van der Waals surface area (Å²) in [5.41, 5.74) is 11.4. The molecule has 4 atom stereocenters. The molecule has 1 amide bonds. The molecule has 3 heterocycles. The minimum atomic E-state index is -1.33. The van der Waals surface area contributed by atoms with Crippen LogP contribution in [0.25, 0.3) is 21.6 Å². The van der Waals surface area contributed by atoms with Gasteiger partial charge >= 0.3 is 0 Å². The van der Waals surface area contributed by atoms with Gasteiger partial charge in [0.15, 0.2) is 23.2 Å². The van der Waals surface area contributed by atoms with Gasteiger partial charge in [0.25, 0.3) is 0 Å². The largest absolute Gasteiger partial charge is 0.497 e. The molecule has 0 saturated carbocycles. The second kappa shape index (κ2) is 12.3. The van der Waals surface area contributed by atoms with Gasteiger partial charge in [-0.15, -0.1) is 0 Å². The number of methoxy groups -OCH3 is 1. The van der Waals surface area contributed by atoms with Crippen LogP contribution in [-0.2, 0) is 22.7 Å². The summed E-state index contributed by atoms with van der Waals surface area (Å²) in [6.45, 7) is 0.649. The molecule has 0 radical (unpaired) electrons. The van der Waals surface area contributed by atoms with Gasteiger partial charge < -0.3 is 30.0 Å². The van der Waals surface area contributed by atoms with Crippen LogP contribution in [0, 0.1) is 0 Å². The fraction of sp³-hybridized carbons (Fsp3) is 0.308. The first-order chi connectivity index (χ1) is 19.9. The van der Waals surface area contributed by atoms with Crippen molar-refractivity contribution in [2.45, 2.75) is 37.6 Å². The van der Waals surface area contributed by atoms with E-state index in [0.29, 0.717) is 40.9 Å². The van der Waals surface area contributed by atoms with Gasteiger partial charge in [-0.3, -0.25) is 9.36 Å². The van der Waals surface area contributed by atoms with Gasteiger partial charge in [-0.2, -0.15) is 0 Å². The van der Waals surface area contributed by atoms with Crippen LogP contribution in [0.1, 0.15) is 17.4 Å². The molecule has 4 aromatic rings. The van der Waals surface area contributed by atoms with Crippen LogP contribution >= 0.6 is 11.6 Å². The number of amides is 1. The third-order valence-electron chi connectivity index (χ3n) is 6.58. The van der Waals surface area contributed by atoms with Crippen molar-refractivity contribution in [1.82, 2.24) is 24.8 Å². The van der Waals surface area contributed by atoms with E-state index in [2.05, 4.69) is 35.6 Å². The number of aliphatic hydroxyl groups is 1. The molecule has 0 bridgehead atoms. The number of likely N-dealkylation sites (N-methyl/N-ethyl adjacent to an activating group) is 1. The van der Waals surface area contributed by atoms with Crippen LogP contribution in [0.15, 0.2) is 60.2 Å². The second-order valence-corrected chi connectivity index (χ2v) is 9.47. The summed E-state index contributed by atoms with van der Waals surface area (Å²) in [6, 6.07) is 11.8. The van der Waals surface area contributed by atoms with E-state index in [1.807, 2.05) is 24.3 Å². The van der Waals surface area contributed by atoms with Crippen LogP contribution in [-0.4, -0.2) is 62.9 Å². The number of benzene rings is 2. The highest BCUT2D eigenvalue weighted by molar-refractivity contribution is 6.30. The Morgan fingerprint density at radius 3 is 2.78 bits per heavy atom. The van der Waals surface area contributed by atoms with Crippen molar-refractivity contribution >= 4 is 34.5 Å².